The summed E-state index contributed by atoms with van der Waals surface area (Å²) in [5.41, 5.74) is 7.07. The summed E-state index contributed by atoms with van der Waals surface area (Å²) in [4.78, 5) is 3.30. The molecule has 1 aliphatic heterocycles. The Morgan fingerprint density at radius 3 is 2.15 bits per heavy atom. The van der Waals surface area contributed by atoms with Gasteiger partial charge in [0.25, 0.3) is 0 Å². The fourth-order valence-electron chi connectivity index (χ4n) is 2.23. The molecular formula is C12H14Cl2F3N3. The van der Waals surface area contributed by atoms with Gasteiger partial charge in [-0.1, -0.05) is 23.2 Å². The zero-order chi connectivity index (χ0) is 14.9. The molecule has 20 heavy (non-hydrogen) atoms. The van der Waals surface area contributed by atoms with Crippen LogP contribution in [0.5, 0.6) is 0 Å². The fraction of sp³-hybridized carbons (Fsp3) is 0.500. The van der Waals surface area contributed by atoms with E-state index in [2.05, 4.69) is 0 Å². The highest BCUT2D eigenvalue weighted by Crippen LogP contribution is 2.33. The lowest BCUT2D eigenvalue weighted by Gasteiger charge is -2.36. The first kappa shape index (κ1) is 15.5. The lowest BCUT2D eigenvalue weighted by Crippen LogP contribution is -2.49. The van der Waals surface area contributed by atoms with Gasteiger partial charge >= 0.3 is 6.18 Å². The summed E-state index contributed by atoms with van der Waals surface area (Å²) in [6, 6.07) is 3.21. The van der Waals surface area contributed by atoms with E-state index >= 15 is 0 Å². The summed E-state index contributed by atoms with van der Waals surface area (Å²) >= 11 is 11.8. The number of nitrogen functional groups attached to an aromatic ring is 1. The van der Waals surface area contributed by atoms with Gasteiger partial charge in [0, 0.05) is 26.2 Å². The molecule has 0 unspecified atom stereocenters. The summed E-state index contributed by atoms with van der Waals surface area (Å²) in [5.74, 6) is 0. The molecule has 112 valence electrons. The number of hydrogen-bond donors (Lipinski definition) is 1. The third-order valence-corrected chi connectivity index (χ3v) is 3.91. The van der Waals surface area contributed by atoms with Gasteiger partial charge in [0.1, 0.15) is 0 Å². The molecule has 0 atom stereocenters. The van der Waals surface area contributed by atoms with Crippen molar-refractivity contribution >= 4 is 34.6 Å². The average molecular weight is 328 g/mol. The van der Waals surface area contributed by atoms with Crippen molar-refractivity contribution in [2.24, 2.45) is 0 Å². The zero-order valence-electron chi connectivity index (χ0n) is 10.6. The van der Waals surface area contributed by atoms with Gasteiger partial charge in [0.15, 0.2) is 0 Å². The first-order valence-electron chi connectivity index (χ1n) is 6.05. The van der Waals surface area contributed by atoms with Crippen molar-refractivity contribution in [1.82, 2.24) is 4.90 Å². The summed E-state index contributed by atoms with van der Waals surface area (Å²) in [6.07, 6.45) is -4.16. The number of benzene rings is 1. The van der Waals surface area contributed by atoms with Crippen LogP contribution in [0.15, 0.2) is 12.1 Å². The standard InChI is InChI=1S/C12H14Cl2F3N3/c13-8-5-10(18)11(6-9(8)14)20-3-1-19(2-4-20)7-12(15,16)17/h5-6H,1-4,7,18H2. The molecule has 2 N–H and O–H groups in total. The first-order chi connectivity index (χ1) is 9.26. The molecule has 2 rings (SSSR count). The number of rotatable bonds is 2. The average Bonchev–Trinajstić information content (AvgIpc) is 2.33. The van der Waals surface area contributed by atoms with Crippen LogP contribution in [0, 0.1) is 0 Å². The zero-order valence-corrected chi connectivity index (χ0v) is 12.1. The van der Waals surface area contributed by atoms with E-state index in [9.17, 15) is 13.2 Å². The van der Waals surface area contributed by atoms with Crippen molar-refractivity contribution < 1.29 is 13.2 Å². The second-order valence-corrected chi connectivity index (χ2v) is 5.52. The van der Waals surface area contributed by atoms with Gasteiger partial charge in [-0.25, -0.2) is 0 Å². The van der Waals surface area contributed by atoms with E-state index in [1.54, 1.807) is 12.1 Å². The molecule has 1 saturated heterocycles. The lowest BCUT2D eigenvalue weighted by atomic mass is 10.2. The Morgan fingerprint density at radius 2 is 1.60 bits per heavy atom. The molecule has 0 spiro atoms. The van der Waals surface area contributed by atoms with Crippen LogP contribution < -0.4 is 10.6 Å². The van der Waals surface area contributed by atoms with E-state index in [0.717, 1.165) is 0 Å². The molecule has 8 heteroatoms. The van der Waals surface area contributed by atoms with Gasteiger partial charge < -0.3 is 10.6 Å². The molecule has 1 aliphatic rings. The predicted octanol–water partition coefficient (Wildman–Crippen LogP) is 3.26. The van der Waals surface area contributed by atoms with Crippen molar-refractivity contribution in [3.63, 3.8) is 0 Å². The third kappa shape index (κ3) is 3.84. The van der Waals surface area contributed by atoms with Crippen LogP contribution in [-0.2, 0) is 0 Å². The first-order valence-corrected chi connectivity index (χ1v) is 6.80. The molecule has 0 bridgehead atoms. The summed E-state index contributed by atoms with van der Waals surface area (Å²) in [5, 5.41) is 0.747. The van der Waals surface area contributed by atoms with Crippen molar-refractivity contribution in [2.75, 3.05) is 43.4 Å². The van der Waals surface area contributed by atoms with Gasteiger partial charge in [-0.3, -0.25) is 4.90 Å². The maximum absolute atomic E-state index is 12.3. The largest absolute Gasteiger partial charge is 0.401 e. The minimum absolute atomic E-state index is 0.333. The molecular weight excluding hydrogens is 314 g/mol. The van der Waals surface area contributed by atoms with Crippen LogP contribution in [0.2, 0.25) is 10.0 Å². The van der Waals surface area contributed by atoms with E-state index in [4.69, 9.17) is 28.9 Å². The predicted molar refractivity (Wildman–Crippen MR) is 75.6 cm³/mol. The monoisotopic (exact) mass is 327 g/mol. The van der Waals surface area contributed by atoms with Crippen molar-refractivity contribution in [2.45, 2.75) is 6.18 Å². The molecule has 1 aromatic carbocycles. The SMILES string of the molecule is Nc1cc(Cl)c(Cl)cc1N1CCN(CC(F)(F)F)CC1. The van der Waals surface area contributed by atoms with Crippen LogP contribution in [0.3, 0.4) is 0 Å². The second-order valence-electron chi connectivity index (χ2n) is 4.70. The van der Waals surface area contributed by atoms with Gasteiger partial charge in [-0.2, -0.15) is 13.2 Å². The summed E-state index contributed by atoms with van der Waals surface area (Å²) in [7, 11) is 0. The van der Waals surface area contributed by atoms with Crippen LogP contribution in [-0.4, -0.2) is 43.8 Å². The Hall–Kier alpha value is -0.850. The number of piperazine rings is 1. The van der Waals surface area contributed by atoms with E-state index in [1.165, 1.54) is 4.90 Å². The van der Waals surface area contributed by atoms with Gasteiger partial charge in [0.2, 0.25) is 0 Å². The van der Waals surface area contributed by atoms with Gasteiger partial charge in [-0.05, 0) is 12.1 Å². The molecule has 3 nitrogen and oxygen atoms in total. The number of nitrogens with zero attached hydrogens (tertiary/aromatic N) is 2. The number of halogens is 5. The van der Waals surface area contributed by atoms with Crippen molar-refractivity contribution in [1.29, 1.82) is 0 Å². The van der Waals surface area contributed by atoms with Crippen LogP contribution in [0.4, 0.5) is 24.5 Å². The van der Waals surface area contributed by atoms with E-state index in [0.29, 0.717) is 47.6 Å². The summed E-state index contributed by atoms with van der Waals surface area (Å²) < 4.78 is 36.9. The molecule has 1 fully saturated rings. The highest BCUT2D eigenvalue weighted by Gasteiger charge is 2.32. The Labute approximate surface area is 125 Å². The number of hydrogen-bond acceptors (Lipinski definition) is 3. The highest BCUT2D eigenvalue weighted by molar-refractivity contribution is 6.42. The second kappa shape index (κ2) is 5.87. The molecule has 1 heterocycles. The quantitative estimate of drug-likeness (QED) is 0.846. The third-order valence-electron chi connectivity index (χ3n) is 3.19. The molecule has 0 radical (unpaired) electrons. The molecule has 0 saturated carbocycles. The fourth-order valence-corrected chi connectivity index (χ4v) is 2.56. The highest BCUT2D eigenvalue weighted by atomic mass is 35.5. The topological polar surface area (TPSA) is 32.5 Å². The van der Waals surface area contributed by atoms with Crippen molar-refractivity contribution in [3.05, 3.63) is 22.2 Å². The Morgan fingerprint density at radius 1 is 1.05 bits per heavy atom. The molecule has 0 amide bonds. The van der Waals surface area contributed by atoms with Gasteiger partial charge in [0.05, 0.1) is 28.0 Å². The van der Waals surface area contributed by atoms with Gasteiger partial charge in [-0.15, -0.1) is 0 Å². The Kier molecular flexibility index (Phi) is 4.56. The molecule has 0 aliphatic carbocycles. The van der Waals surface area contributed by atoms with Crippen LogP contribution >= 0.6 is 23.2 Å². The maximum Gasteiger partial charge on any atom is 0.401 e. The summed E-state index contributed by atoms with van der Waals surface area (Å²) in [6.45, 7) is 0.729. The molecule has 0 aromatic heterocycles. The molecule has 1 aromatic rings. The number of anilines is 2. The minimum atomic E-state index is -4.16. The van der Waals surface area contributed by atoms with Crippen molar-refractivity contribution in [3.8, 4) is 0 Å². The van der Waals surface area contributed by atoms with Crippen LogP contribution in [0.1, 0.15) is 0 Å². The van der Waals surface area contributed by atoms with E-state index < -0.39 is 12.7 Å². The van der Waals surface area contributed by atoms with E-state index in [1.807, 2.05) is 4.90 Å². The maximum atomic E-state index is 12.3. The van der Waals surface area contributed by atoms with E-state index in [-0.39, 0.29) is 0 Å². The number of nitrogens with two attached hydrogens (primary N) is 1. The van der Waals surface area contributed by atoms with Crippen LogP contribution in [0.25, 0.3) is 0 Å². The lowest BCUT2D eigenvalue weighted by molar-refractivity contribution is -0.146. The number of alkyl halides is 3. The smallest absolute Gasteiger partial charge is 0.397 e. The Balaban J connectivity index is 2.02. The normalized spacial score (nSPS) is 17.6. The minimum Gasteiger partial charge on any atom is -0.397 e. The Bertz CT molecular complexity index is 486.